The SMILES string of the molecule is CC1CCc2nc(NC(=O)c3ccc(-c4nc(C5CCC(O)CC5)n5ccnc(N)c45)cc3)sc2C1. The van der Waals surface area contributed by atoms with Crippen molar-refractivity contribution in [1.82, 2.24) is 19.4 Å². The van der Waals surface area contributed by atoms with Crippen LogP contribution in [0.5, 0.6) is 0 Å². The summed E-state index contributed by atoms with van der Waals surface area (Å²) >= 11 is 1.59. The Hall–Kier alpha value is -3.30. The molecule has 3 heterocycles. The maximum Gasteiger partial charge on any atom is 0.257 e. The van der Waals surface area contributed by atoms with Gasteiger partial charge in [-0.2, -0.15) is 0 Å². The van der Waals surface area contributed by atoms with Gasteiger partial charge >= 0.3 is 0 Å². The lowest BCUT2D eigenvalue weighted by molar-refractivity contribution is 0.102. The van der Waals surface area contributed by atoms with Gasteiger partial charge in [-0.3, -0.25) is 14.5 Å². The quantitative estimate of drug-likeness (QED) is 0.368. The van der Waals surface area contributed by atoms with Crippen LogP contribution in [0.3, 0.4) is 0 Å². The summed E-state index contributed by atoms with van der Waals surface area (Å²) in [6, 6.07) is 7.45. The number of nitrogens with zero attached hydrogens (tertiary/aromatic N) is 4. The number of aliphatic hydroxyl groups excluding tert-OH is 1. The fourth-order valence-electron chi connectivity index (χ4n) is 5.45. The highest BCUT2D eigenvalue weighted by Gasteiger charge is 2.27. The molecule has 4 N–H and O–H groups in total. The number of carbonyl (C=O) groups is 1. The predicted molar refractivity (Wildman–Crippen MR) is 141 cm³/mol. The number of carbonyl (C=O) groups excluding carboxylic acids is 1. The first kappa shape index (κ1) is 23.1. The first-order valence-electron chi connectivity index (χ1n) is 12.7. The highest BCUT2D eigenvalue weighted by atomic mass is 32.1. The van der Waals surface area contributed by atoms with Crippen molar-refractivity contribution in [1.29, 1.82) is 0 Å². The molecular formula is C27H30N6O2S. The highest BCUT2D eigenvalue weighted by molar-refractivity contribution is 7.15. The van der Waals surface area contributed by atoms with Gasteiger partial charge in [0, 0.05) is 34.3 Å². The Kier molecular flexibility index (Phi) is 5.97. The number of aryl methyl sites for hydroxylation is 1. The van der Waals surface area contributed by atoms with Gasteiger partial charge < -0.3 is 10.8 Å². The molecule has 1 amide bonds. The minimum atomic E-state index is -0.226. The van der Waals surface area contributed by atoms with E-state index in [-0.39, 0.29) is 17.9 Å². The number of fused-ring (bicyclic) bond motifs is 2. The van der Waals surface area contributed by atoms with Crippen molar-refractivity contribution in [3.05, 3.63) is 58.6 Å². The number of thiazole rings is 1. The van der Waals surface area contributed by atoms with Gasteiger partial charge in [-0.1, -0.05) is 19.1 Å². The second-order valence-electron chi connectivity index (χ2n) is 10.1. The number of benzene rings is 1. The Bertz CT molecular complexity index is 1420. The van der Waals surface area contributed by atoms with E-state index in [2.05, 4.69) is 22.2 Å². The number of hydrogen-bond donors (Lipinski definition) is 3. The first-order chi connectivity index (χ1) is 17.5. The van der Waals surface area contributed by atoms with Crippen molar-refractivity contribution in [3.8, 4) is 11.3 Å². The molecule has 186 valence electrons. The zero-order valence-corrected chi connectivity index (χ0v) is 21.1. The molecule has 9 heteroatoms. The molecule has 2 aliphatic carbocycles. The molecule has 8 nitrogen and oxygen atoms in total. The van der Waals surface area contributed by atoms with Crippen LogP contribution >= 0.6 is 11.3 Å². The molecule has 6 rings (SSSR count). The van der Waals surface area contributed by atoms with Crippen LogP contribution in [0.25, 0.3) is 16.8 Å². The van der Waals surface area contributed by atoms with E-state index in [0.29, 0.717) is 22.4 Å². The number of aliphatic hydroxyl groups is 1. The lowest BCUT2D eigenvalue weighted by Crippen LogP contribution is -2.18. The van der Waals surface area contributed by atoms with Crippen LogP contribution in [0.2, 0.25) is 0 Å². The molecule has 0 bridgehead atoms. The first-order valence-corrected chi connectivity index (χ1v) is 13.5. The standard InChI is InChI=1S/C27H30N6O2S/c1-15-2-11-20-21(14-15)36-27(30-20)32-26(35)18-5-3-16(4-6-18)22-23-24(28)29-12-13-33(23)25(31-22)17-7-9-19(34)10-8-17/h3-6,12-13,15,17,19,34H,2,7-11,14H2,1H3,(H2,28,29)(H,30,32,35). The Morgan fingerprint density at radius 3 is 2.69 bits per heavy atom. The van der Waals surface area contributed by atoms with Gasteiger partial charge in [-0.15, -0.1) is 11.3 Å². The van der Waals surface area contributed by atoms with Crippen molar-refractivity contribution in [2.45, 2.75) is 63.9 Å². The van der Waals surface area contributed by atoms with E-state index in [1.807, 2.05) is 34.9 Å². The van der Waals surface area contributed by atoms with Crippen molar-refractivity contribution in [3.63, 3.8) is 0 Å². The fourth-order valence-corrected chi connectivity index (χ4v) is 6.62. The number of imidazole rings is 1. The third kappa shape index (κ3) is 4.26. The molecule has 1 fully saturated rings. The van der Waals surface area contributed by atoms with E-state index < -0.39 is 0 Å². The summed E-state index contributed by atoms with van der Waals surface area (Å²) in [6.07, 6.45) is 9.88. The van der Waals surface area contributed by atoms with Crippen LogP contribution in [0, 0.1) is 5.92 Å². The molecule has 1 atom stereocenters. The minimum Gasteiger partial charge on any atom is -0.393 e. The Morgan fingerprint density at radius 1 is 1.14 bits per heavy atom. The molecule has 0 spiro atoms. The van der Waals surface area contributed by atoms with Crippen LogP contribution in [-0.4, -0.2) is 36.5 Å². The summed E-state index contributed by atoms with van der Waals surface area (Å²) in [4.78, 5) is 28.2. The largest absolute Gasteiger partial charge is 0.393 e. The van der Waals surface area contributed by atoms with Crippen molar-refractivity contribution in [2.24, 2.45) is 5.92 Å². The van der Waals surface area contributed by atoms with E-state index in [4.69, 9.17) is 10.7 Å². The van der Waals surface area contributed by atoms with Crippen molar-refractivity contribution < 1.29 is 9.90 Å². The van der Waals surface area contributed by atoms with Gasteiger partial charge in [0.2, 0.25) is 0 Å². The smallest absolute Gasteiger partial charge is 0.257 e. The van der Waals surface area contributed by atoms with E-state index in [1.54, 1.807) is 17.5 Å². The number of nitrogens with one attached hydrogen (secondary N) is 1. The molecule has 0 aliphatic heterocycles. The second-order valence-corrected chi connectivity index (χ2v) is 11.2. The zero-order chi connectivity index (χ0) is 24.8. The Labute approximate surface area is 213 Å². The maximum absolute atomic E-state index is 12.9. The van der Waals surface area contributed by atoms with Crippen LogP contribution in [0.1, 0.15) is 71.7 Å². The molecule has 0 radical (unpaired) electrons. The summed E-state index contributed by atoms with van der Waals surface area (Å²) in [6.45, 7) is 2.26. The van der Waals surface area contributed by atoms with Crippen LogP contribution < -0.4 is 11.1 Å². The lowest BCUT2D eigenvalue weighted by atomic mass is 9.87. The number of aromatic nitrogens is 4. The number of nitrogen functional groups attached to an aromatic ring is 1. The second kappa shape index (κ2) is 9.29. The monoisotopic (exact) mass is 502 g/mol. The zero-order valence-electron chi connectivity index (χ0n) is 20.3. The van der Waals surface area contributed by atoms with Crippen molar-refractivity contribution in [2.75, 3.05) is 11.1 Å². The number of rotatable bonds is 4. The van der Waals surface area contributed by atoms with Crippen molar-refractivity contribution >= 4 is 33.7 Å². The maximum atomic E-state index is 12.9. The molecule has 4 aromatic rings. The molecule has 3 aromatic heterocycles. The Morgan fingerprint density at radius 2 is 1.92 bits per heavy atom. The summed E-state index contributed by atoms with van der Waals surface area (Å²) in [7, 11) is 0. The van der Waals surface area contributed by atoms with E-state index in [0.717, 1.165) is 73.2 Å². The van der Waals surface area contributed by atoms with E-state index in [1.165, 1.54) is 4.88 Å². The third-order valence-corrected chi connectivity index (χ3v) is 8.53. The van der Waals surface area contributed by atoms with Gasteiger partial charge in [0.05, 0.1) is 11.8 Å². The van der Waals surface area contributed by atoms with Gasteiger partial charge in [-0.25, -0.2) is 15.0 Å². The number of amides is 1. The molecule has 2 aliphatic rings. The summed E-state index contributed by atoms with van der Waals surface area (Å²) in [5.41, 5.74) is 10.4. The molecule has 1 unspecified atom stereocenters. The summed E-state index contributed by atoms with van der Waals surface area (Å²) < 4.78 is 2.03. The summed E-state index contributed by atoms with van der Waals surface area (Å²) in [5.74, 6) is 2.13. The normalized spacial score (nSPS) is 21.9. The van der Waals surface area contributed by atoms with Gasteiger partial charge in [0.1, 0.15) is 22.9 Å². The molecule has 0 saturated heterocycles. The Balaban J connectivity index is 1.26. The number of anilines is 2. The van der Waals surface area contributed by atoms with E-state index in [9.17, 15) is 9.90 Å². The lowest BCUT2D eigenvalue weighted by Gasteiger charge is -2.24. The summed E-state index contributed by atoms with van der Waals surface area (Å²) in [5, 5.41) is 13.6. The highest BCUT2D eigenvalue weighted by Crippen LogP contribution is 2.37. The number of nitrogens with two attached hydrogens (primary N) is 1. The van der Waals surface area contributed by atoms with Gasteiger partial charge in [-0.05, 0) is 63.0 Å². The van der Waals surface area contributed by atoms with Gasteiger partial charge in [0.15, 0.2) is 5.13 Å². The fraction of sp³-hybridized carbons (Fsp3) is 0.407. The number of hydrogen-bond acceptors (Lipinski definition) is 7. The minimum absolute atomic E-state index is 0.168. The third-order valence-electron chi connectivity index (χ3n) is 7.50. The predicted octanol–water partition coefficient (Wildman–Crippen LogP) is 4.83. The van der Waals surface area contributed by atoms with E-state index >= 15 is 0 Å². The van der Waals surface area contributed by atoms with Crippen LogP contribution in [-0.2, 0) is 12.8 Å². The molecule has 1 saturated carbocycles. The topological polar surface area (TPSA) is 118 Å². The molecular weight excluding hydrogens is 472 g/mol. The average molecular weight is 503 g/mol. The molecule has 1 aromatic carbocycles. The van der Waals surface area contributed by atoms with Crippen LogP contribution in [0.15, 0.2) is 36.7 Å². The van der Waals surface area contributed by atoms with Gasteiger partial charge in [0.25, 0.3) is 5.91 Å². The van der Waals surface area contributed by atoms with Crippen LogP contribution in [0.4, 0.5) is 10.9 Å². The molecule has 36 heavy (non-hydrogen) atoms. The average Bonchev–Trinajstić information content (AvgIpc) is 3.46.